The van der Waals surface area contributed by atoms with Crippen LogP contribution in [0.2, 0.25) is 0 Å². The van der Waals surface area contributed by atoms with Crippen LogP contribution in [0.3, 0.4) is 0 Å². The molecule has 0 saturated heterocycles. The molecule has 0 aliphatic rings. The Balaban J connectivity index is 0. The van der Waals surface area contributed by atoms with Gasteiger partial charge in [0.15, 0.2) is 0 Å². The van der Waals surface area contributed by atoms with Crippen molar-refractivity contribution in [3.05, 3.63) is 81.9 Å². The van der Waals surface area contributed by atoms with E-state index < -0.39 is 0 Å². The second kappa shape index (κ2) is 19.6. The number of hydrogen-bond acceptors (Lipinski definition) is 3. The maximum absolute atomic E-state index is 11.3. The Labute approximate surface area is 210 Å². The first-order chi connectivity index (χ1) is 15.6. The Morgan fingerprint density at radius 1 is 1.21 bits per heavy atom. The van der Waals surface area contributed by atoms with E-state index in [1.54, 1.807) is 18.7 Å². The lowest BCUT2D eigenvalue weighted by Gasteiger charge is -2.12. The highest BCUT2D eigenvalue weighted by molar-refractivity contribution is 8.02. The summed E-state index contributed by atoms with van der Waals surface area (Å²) in [5.74, 6) is 0.247. The second-order valence-corrected chi connectivity index (χ2v) is 8.62. The number of hydrogen-bond donors (Lipinski definition) is 1. The lowest BCUT2D eigenvalue weighted by atomic mass is 10.0. The summed E-state index contributed by atoms with van der Waals surface area (Å²) in [4.78, 5) is 4.06. The van der Waals surface area contributed by atoms with Crippen molar-refractivity contribution < 1.29 is 9.50 Å². The summed E-state index contributed by atoms with van der Waals surface area (Å²) in [5, 5.41) is 13.6. The topological polar surface area (TPSA) is 38.0 Å². The third-order valence-electron chi connectivity index (χ3n) is 4.46. The van der Waals surface area contributed by atoms with Crippen LogP contribution in [0, 0.1) is 6.92 Å². The molecule has 6 heteroatoms. The number of aliphatic hydroxyl groups excluding tert-OH is 1. The maximum Gasteiger partial charge on any atom is 0.0926 e. The molecular weight excluding hydrogens is 455 g/mol. The molecule has 0 spiro atoms. The number of thioether (sulfide) groups is 1. The van der Waals surface area contributed by atoms with E-state index in [4.69, 9.17) is 11.6 Å². The van der Waals surface area contributed by atoms with Crippen molar-refractivity contribution in [1.82, 2.24) is 9.55 Å². The molecular formula is C27H42ClFN2OS. The zero-order valence-electron chi connectivity index (χ0n) is 21.7. The molecule has 186 valence electrons. The fourth-order valence-electron chi connectivity index (χ4n) is 2.65. The third-order valence-corrected chi connectivity index (χ3v) is 5.51. The Morgan fingerprint density at radius 3 is 2.03 bits per heavy atom. The van der Waals surface area contributed by atoms with Crippen molar-refractivity contribution in [2.24, 2.45) is 0 Å². The molecule has 2 aromatic rings. The fourth-order valence-corrected chi connectivity index (χ4v) is 3.62. The van der Waals surface area contributed by atoms with Gasteiger partial charge in [-0.3, -0.25) is 4.98 Å². The zero-order valence-corrected chi connectivity index (χ0v) is 23.3. The molecule has 0 aliphatic carbocycles. The number of aliphatic hydroxyl groups is 1. The highest BCUT2D eigenvalue weighted by atomic mass is 35.5. The number of allylic oxidation sites excluding steroid dienone is 4. The number of aromatic nitrogens is 2. The predicted octanol–water partition coefficient (Wildman–Crippen LogP) is 9.15. The van der Waals surface area contributed by atoms with E-state index >= 15 is 0 Å². The van der Waals surface area contributed by atoms with Gasteiger partial charge in [-0.05, 0) is 69.2 Å². The first-order valence-corrected chi connectivity index (χ1v) is 12.5. The molecule has 0 aromatic carbocycles. The van der Waals surface area contributed by atoms with Crippen molar-refractivity contribution >= 4 is 23.4 Å². The smallest absolute Gasteiger partial charge is 0.0926 e. The van der Waals surface area contributed by atoms with Crippen LogP contribution < -0.4 is 0 Å². The van der Waals surface area contributed by atoms with E-state index in [1.165, 1.54) is 29.2 Å². The molecule has 2 heterocycles. The van der Waals surface area contributed by atoms with Crippen LogP contribution >= 0.6 is 23.4 Å². The minimum atomic E-state index is -0.120. The third kappa shape index (κ3) is 12.9. The zero-order chi connectivity index (χ0) is 26.0. The molecule has 3 nitrogen and oxygen atoms in total. The summed E-state index contributed by atoms with van der Waals surface area (Å²) in [6.45, 7) is 21.9. The van der Waals surface area contributed by atoms with Crippen LogP contribution in [0.15, 0.2) is 64.6 Å². The molecule has 0 saturated carbocycles. The lowest BCUT2D eigenvalue weighted by molar-refractivity contribution is 0.279. The average Bonchev–Trinajstić information content (AvgIpc) is 3.07. The number of pyridine rings is 1. The Hall–Kier alpha value is -1.82. The molecule has 0 unspecified atom stereocenters. The van der Waals surface area contributed by atoms with Gasteiger partial charge in [0.2, 0.25) is 0 Å². The summed E-state index contributed by atoms with van der Waals surface area (Å²) in [7, 11) is 0. The highest BCUT2D eigenvalue weighted by Crippen LogP contribution is 2.36. The summed E-state index contributed by atoms with van der Waals surface area (Å²) in [5.41, 5.74) is 4.61. The molecule has 0 radical (unpaired) electrons. The summed E-state index contributed by atoms with van der Waals surface area (Å²) >= 11 is 6.95. The minimum absolute atomic E-state index is 0.0768. The van der Waals surface area contributed by atoms with E-state index in [9.17, 15) is 9.50 Å². The van der Waals surface area contributed by atoms with E-state index in [0.717, 1.165) is 22.8 Å². The normalized spacial score (nSPS) is 10.9. The molecule has 0 bridgehead atoms. The SMILES string of the molecule is C/C=C(\C)Cl.C/C=C(\C)F.C=CSc1c(C(C)C)c(CO)c(C)n1Cc1ccncc1.CC. The van der Waals surface area contributed by atoms with Gasteiger partial charge in [-0.2, -0.15) is 0 Å². The van der Waals surface area contributed by atoms with Gasteiger partial charge < -0.3 is 9.67 Å². The Morgan fingerprint density at radius 2 is 1.70 bits per heavy atom. The van der Waals surface area contributed by atoms with Crippen LogP contribution in [0.5, 0.6) is 0 Å². The van der Waals surface area contributed by atoms with Crippen molar-refractivity contribution in [3.63, 3.8) is 0 Å². The van der Waals surface area contributed by atoms with E-state index in [0.29, 0.717) is 5.92 Å². The first kappa shape index (κ1) is 33.4. The number of halogens is 2. The van der Waals surface area contributed by atoms with Crippen molar-refractivity contribution in [2.75, 3.05) is 0 Å². The molecule has 1 N–H and O–H groups in total. The van der Waals surface area contributed by atoms with E-state index in [1.807, 2.05) is 63.7 Å². The highest BCUT2D eigenvalue weighted by Gasteiger charge is 2.21. The van der Waals surface area contributed by atoms with E-state index in [2.05, 4.69) is 36.9 Å². The molecule has 2 rings (SSSR count). The van der Waals surface area contributed by atoms with Gasteiger partial charge >= 0.3 is 0 Å². The summed E-state index contributed by atoms with van der Waals surface area (Å²) in [6.07, 6.45) is 6.89. The van der Waals surface area contributed by atoms with Crippen molar-refractivity contribution in [3.8, 4) is 0 Å². The lowest BCUT2D eigenvalue weighted by Crippen LogP contribution is -2.04. The largest absolute Gasteiger partial charge is 0.392 e. The maximum atomic E-state index is 11.3. The quantitative estimate of drug-likeness (QED) is 0.405. The first-order valence-electron chi connectivity index (χ1n) is 11.2. The standard InChI is InChI=1S/C17H22N2OS.C4H7Cl.C4H7F.C2H6/c1-5-21-17-16(12(2)3)15(11-20)13(4)19(17)10-14-6-8-18-9-7-14;2*1-3-4(2)5;1-2/h5-9,12,20H,1,10-11H2,2-4H3;2*3H,1-2H3;1-2H3/b;2*4-3+;. The molecule has 0 atom stereocenters. The van der Waals surface area contributed by atoms with Gasteiger partial charge in [0.25, 0.3) is 0 Å². The Kier molecular flexibility index (Phi) is 19.8. The number of rotatable bonds is 6. The van der Waals surface area contributed by atoms with Gasteiger partial charge in [0.1, 0.15) is 0 Å². The van der Waals surface area contributed by atoms with Gasteiger partial charge in [-0.1, -0.05) is 69.8 Å². The van der Waals surface area contributed by atoms with Crippen molar-refractivity contribution in [2.45, 2.75) is 86.4 Å². The van der Waals surface area contributed by atoms with Gasteiger partial charge in [-0.15, -0.1) is 0 Å². The molecule has 0 fully saturated rings. The van der Waals surface area contributed by atoms with E-state index in [-0.39, 0.29) is 12.4 Å². The molecule has 0 aliphatic heterocycles. The van der Waals surface area contributed by atoms with Crippen LogP contribution in [0.4, 0.5) is 4.39 Å². The van der Waals surface area contributed by atoms with Gasteiger partial charge in [-0.25, -0.2) is 4.39 Å². The predicted molar refractivity (Wildman–Crippen MR) is 146 cm³/mol. The summed E-state index contributed by atoms with van der Waals surface area (Å²) in [6, 6.07) is 4.05. The van der Waals surface area contributed by atoms with Crippen LogP contribution in [0.1, 0.15) is 83.7 Å². The van der Waals surface area contributed by atoms with Crippen LogP contribution in [-0.4, -0.2) is 14.7 Å². The number of nitrogens with zero attached hydrogens (tertiary/aromatic N) is 2. The average molecular weight is 497 g/mol. The van der Waals surface area contributed by atoms with Crippen LogP contribution in [-0.2, 0) is 13.2 Å². The van der Waals surface area contributed by atoms with Gasteiger partial charge in [0.05, 0.1) is 17.5 Å². The molecule has 2 aromatic heterocycles. The fraction of sp³-hybridized carbons (Fsp3) is 0.444. The van der Waals surface area contributed by atoms with Crippen LogP contribution in [0.25, 0.3) is 0 Å². The summed E-state index contributed by atoms with van der Waals surface area (Å²) < 4.78 is 13.6. The molecule has 0 amide bonds. The monoisotopic (exact) mass is 496 g/mol. The molecule has 33 heavy (non-hydrogen) atoms. The minimum Gasteiger partial charge on any atom is -0.392 e. The second-order valence-electron chi connectivity index (χ2n) is 7.07. The Bertz CT molecular complexity index is 835. The van der Waals surface area contributed by atoms with Gasteiger partial charge in [0, 0.05) is 35.2 Å². The van der Waals surface area contributed by atoms with Crippen molar-refractivity contribution in [1.29, 1.82) is 0 Å².